The van der Waals surface area contributed by atoms with E-state index in [4.69, 9.17) is 4.74 Å². The number of amides is 1. The Morgan fingerprint density at radius 1 is 1.21 bits per heavy atom. The molecule has 3 aromatic rings. The van der Waals surface area contributed by atoms with Crippen molar-refractivity contribution in [2.24, 2.45) is 0 Å². The van der Waals surface area contributed by atoms with Crippen molar-refractivity contribution in [1.29, 1.82) is 0 Å². The lowest BCUT2D eigenvalue weighted by Crippen LogP contribution is -2.19. The van der Waals surface area contributed by atoms with Crippen LogP contribution in [0.2, 0.25) is 0 Å². The Balaban J connectivity index is 1.82. The van der Waals surface area contributed by atoms with Crippen LogP contribution in [-0.4, -0.2) is 22.6 Å². The van der Waals surface area contributed by atoms with Crippen LogP contribution in [0, 0.1) is 0 Å². The number of hydrogen-bond acceptors (Lipinski definition) is 3. The second kappa shape index (κ2) is 7.46. The number of benzene rings is 1. The minimum atomic E-state index is -0.105. The van der Waals surface area contributed by atoms with E-state index in [1.807, 2.05) is 59.4 Å². The van der Waals surface area contributed by atoms with Crippen LogP contribution < -0.4 is 10.1 Å². The molecule has 5 heteroatoms. The highest BCUT2D eigenvalue weighted by Gasteiger charge is 2.18. The number of aromatic nitrogens is 2. The van der Waals surface area contributed by atoms with Crippen molar-refractivity contribution in [1.82, 2.24) is 9.55 Å². The predicted molar refractivity (Wildman–Crippen MR) is 93.0 cm³/mol. The minimum Gasteiger partial charge on any atom is -0.497 e. The van der Waals surface area contributed by atoms with Crippen molar-refractivity contribution in [3.05, 3.63) is 78.9 Å². The number of anilines is 1. The number of rotatable bonds is 6. The zero-order chi connectivity index (χ0) is 16.8. The van der Waals surface area contributed by atoms with E-state index in [0.717, 1.165) is 11.3 Å². The van der Waals surface area contributed by atoms with E-state index in [2.05, 4.69) is 10.3 Å². The average molecular weight is 321 g/mol. The Bertz CT molecular complexity index is 785. The van der Waals surface area contributed by atoms with Crippen LogP contribution in [0.5, 0.6) is 5.75 Å². The zero-order valence-corrected chi connectivity index (χ0v) is 13.4. The fourth-order valence-electron chi connectivity index (χ4n) is 2.62. The minimum absolute atomic E-state index is 0.0653. The summed E-state index contributed by atoms with van der Waals surface area (Å²) in [6.07, 6.45) is 7.54. The topological polar surface area (TPSA) is 56.1 Å². The van der Waals surface area contributed by atoms with Crippen LogP contribution >= 0.6 is 0 Å². The number of nitrogens with one attached hydrogen (secondary N) is 1. The highest BCUT2D eigenvalue weighted by atomic mass is 16.5. The van der Waals surface area contributed by atoms with E-state index in [0.29, 0.717) is 12.1 Å². The van der Waals surface area contributed by atoms with Gasteiger partial charge in [0.1, 0.15) is 5.75 Å². The molecule has 2 heterocycles. The molecule has 2 aromatic heterocycles. The molecule has 0 aliphatic carbocycles. The van der Waals surface area contributed by atoms with Crippen LogP contribution in [-0.2, 0) is 4.79 Å². The van der Waals surface area contributed by atoms with Gasteiger partial charge in [0.25, 0.3) is 0 Å². The maximum Gasteiger partial charge on any atom is 0.226 e. The Hall–Kier alpha value is -3.08. The average Bonchev–Trinajstić information content (AvgIpc) is 3.15. The summed E-state index contributed by atoms with van der Waals surface area (Å²) in [5, 5.41) is 2.89. The molecule has 5 nitrogen and oxygen atoms in total. The number of methoxy groups -OCH3 is 1. The van der Waals surface area contributed by atoms with E-state index >= 15 is 0 Å². The SMILES string of the molecule is COc1cccc([C@@H](CC(=O)Nc2cccnc2)n2cccc2)c1. The molecule has 1 N–H and O–H groups in total. The molecule has 0 saturated heterocycles. The Morgan fingerprint density at radius 3 is 2.75 bits per heavy atom. The van der Waals surface area contributed by atoms with Crippen LogP contribution in [0.15, 0.2) is 73.3 Å². The number of hydrogen-bond donors (Lipinski definition) is 1. The first-order chi connectivity index (χ1) is 11.8. The van der Waals surface area contributed by atoms with Crippen LogP contribution in [0.1, 0.15) is 18.0 Å². The van der Waals surface area contributed by atoms with E-state index in [-0.39, 0.29) is 11.9 Å². The molecular weight excluding hydrogens is 302 g/mol. The maximum atomic E-state index is 12.5. The number of ether oxygens (including phenoxy) is 1. The molecule has 0 radical (unpaired) electrons. The molecule has 1 aromatic carbocycles. The van der Waals surface area contributed by atoms with Gasteiger partial charge in [-0.1, -0.05) is 12.1 Å². The smallest absolute Gasteiger partial charge is 0.226 e. The van der Waals surface area contributed by atoms with Crippen LogP contribution in [0.4, 0.5) is 5.69 Å². The Kier molecular flexibility index (Phi) is 4.91. The number of carbonyl (C=O) groups excluding carboxylic acids is 1. The monoisotopic (exact) mass is 321 g/mol. The molecule has 3 rings (SSSR count). The van der Waals surface area contributed by atoms with Gasteiger partial charge in [-0.05, 0) is 42.0 Å². The van der Waals surface area contributed by atoms with Gasteiger partial charge in [-0.2, -0.15) is 0 Å². The Labute approximate surface area is 140 Å². The van der Waals surface area contributed by atoms with Gasteiger partial charge in [0.2, 0.25) is 5.91 Å². The molecular formula is C19H19N3O2. The zero-order valence-electron chi connectivity index (χ0n) is 13.4. The van der Waals surface area contributed by atoms with Crippen molar-refractivity contribution in [2.75, 3.05) is 12.4 Å². The van der Waals surface area contributed by atoms with E-state index in [9.17, 15) is 4.79 Å². The molecule has 0 spiro atoms. The number of carbonyl (C=O) groups is 1. The third-order valence-corrected chi connectivity index (χ3v) is 3.79. The van der Waals surface area contributed by atoms with Gasteiger partial charge in [-0.3, -0.25) is 9.78 Å². The van der Waals surface area contributed by atoms with E-state index in [1.54, 1.807) is 25.6 Å². The highest BCUT2D eigenvalue weighted by Crippen LogP contribution is 2.26. The van der Waals surface area contributed by atoms with Gasteiger partial charge in [0.05, 0.1) is 31.5 Å². The van der Waals surface area contributed by atoms with Gasteiger partial charge in [-0.15, -0.1) is 0 Å². The first kappa shape index (κ1) is 15.8. The van der Waals surface area contributed by atoms with Crippen LogP contribution in [0.3, 0.4) is 0 Å². The Morgan fingerprint density at radius 2 is 2.04 bits per heavy atom. The van der Waals surface area contributed by atoms with Gasteiger partial charge >= 0.3 is 0 Å². The van der Waals surface area contributed by atoms with Gasteiger partial charge in [-0.25, -0.2) is 0 Å². The highest BCUT2D eigenvalue weighted by molar-refractivity contribution is 5.91. The first-order valence-corrected chi connectivity index (χ1v) is 7.72. The molecule has 0 fully saturated rings. The maximum absolute atomic E-state index is 12.5. The molecule has 0 bridgehead atoms. The number of pyridine rings is 1. The third-order valence-electron chi connectivity index (χ3n) is 3.79. The van der Waals surface area contributed by atoms with Crippen molar-refractivity contribution in [2.45, 2.75) is 12.5 Å². The molecule has 0 unspecified atom stereocenters. The molecule has 0 saturated carbocycles. The normalized spacial score (nSPS) is 11.7. The summed E-state index contributed by atoms with van der Waals surface area (Å²) in [4.78, 5) is 16.5. The summed E-state index contributed by atoms with van der Waals surface area (Å²) in [7, 11) is 1.64. The van der Waals surface area contributed by atoms with Crippen LogP contribution in [0.25, 0.3) is 0 Å². The quantitative estimate of drug-likeness (QED) is 0.756. The van der Waals surface area contributed by atoms with Crippen molar-refractivity contribution < 1.29 is 9.53 Å². The van der Waals surface area contributed by atoms with Crippen molar-refractivity contribution >= 4 is 11.6 Å². The van der Waals surface area contributed by atoms with Gasteiger partial charge in [0.15, 0.2) is 0 Å². The first-order valence-electron chi connectivity index (χ1n) is 7.72. The van der Waals surface area contributed by atoms with E-state index in [1.165, 1.54) is 0 Å². The summed E-state index contributed by atoms with van der Waals surface area (Å²) in [5.41, 5.74) is 1.71. The summed E-state index contributed by atoms with van der Waals surface area (Å²) < 4.78 is 7.33. The summed E-state index contributed by atoms with van der Waals surface area (Å²) in [5.74, 6) is 0.710. The lowest BCUT2D eigenvalue weighted by molar-refractivity contribution is -0.116. The second-order valence-electron chi connectivity index (χ2n) is 5.42. The standard InChI is InChI=1S/C19H19N3O2/c1-24-17-8-4-6-15(12-17)18(22-10-2-3-11-22)13-19(23)21-16-7-5-9-20-14-16/h2-12,14,18H,13H2,1H3,(H,21,23)/t18-/m1/s1. The second-order valence-corrected chi connectivity index (χ2v) is 5.42. The molecule has 122 valence electrons. The molecule has 0 aliphatic heterocycles. The molecule has 1 atom stereocenters. The fraction of sp³-hybridized carbons (Fsp3) is 0.158. The lowest BCUT2D eigenvalue weighted by atomic mass is 10.0. The lowest BCUT2D eigenvalue weighted by Gasteiger charge is -2.20. The molecule has 0 aliphatic rings. The summed E-state index contributed by atoms with van der Waals surface area (Å²) in [6.45, 7) is 0. The van der Waals surface area contributed by atoms with E-state index < -0.39 is 0 Å². The van der Waals surface area contributed by atoms with Crippen molar-refractivity contribution in [3.8, 4) is 5.75 Å². The fourth-order valence-corrected chi connectivity index (χ4v) is 2.62. The van der Waals surface area contributed by atoms with Gasteiger partial charge < -0.3 is 14.6 Å². The molecule has 24 heavy (non-hydrogen) atoms. The summed E-state index contributed by atoms with van der Waals surface area (Å²) in [6, 6.07) is 15.2. The largest absolute Gasteiger partial charge is 0.497 e. The summed E-state index contributed by atoms with van der Waals surface area (Å²) >= 11 is 0. The number of nitrogens with zero attached hydrogens (tertiary/aromatic N) is 2. The van der Waals surface area contributed by atoms with Crippen molar-refractivity contribution in [3.63, 3.8) is 0 Å². The molecule has 1 amide bonds. The van der Waals surface area contributed by atoms with Gasteiger partial charge in [0, 0.05) is 18.6 Å². The third kappa shape index (κ3) is 3.81. The predicted octanol–water partition coefficient (Wildman–Crippen LogP) is 3.51.